The second-order valence-electron chi connectivity index (χ2n) is 12.5. The Morgan fingerprint density at radius 1 is 1.16 bits per heavy atom. The molecule has 0 aromatic carbocycles. The molecule has 0 spiro atoms. The number of hydrogen-bond donors (Lipinski definition) is 2. The molecule has 2 atom stereocenters. The van der Waals surface area contributed by atoms with E-state index in [-0.39, 0.29) is 71.4 Å². The molecule has 3 aliphatic carbocycles. The lowest BCUT2D eigenvalue weighted by molar-refractivity contribution is -0.154. The second kappa shape index (κ2) is 12.0. The van der Waals surface area contributed by atoms with Crippen LogP contribution in [0.2, 0.25) is 5.15 Å². The van der Waals surface area contributed by atoms with Crippen LogP contribution in [-0.4, -0.2) is 49.0 Å². The van der Waals surface area contributed by atoms with E-state index in [1.54, 1.807) is 23.8 Å². The maximum Gasteiger partial charge on any atom is 0.311 e. The van der Waals surface area contributed by atoms with E-state index < -0.39 is 11.2 Å². The number of nitrogens with one attached hydrogen (secondary N) is 2. The van der Waals surface area contributed by atoms with Crippen LogP contribution < -0.4 is 10.6 Å². The van der Waals surface area contributed by atoms with Crippen LogP contribution in [0.15, 0.2) is 29.9 Å². The lowest BCUT2D eigenvalue weighted by Crippen LogP contribution is -2.52. The third kappa shape index (κ3) is 5.77. The highest BCUT2D eigenvalue weighted by Crippen LogP contribution is 2.47. The summed E-state index contributed by atoms with van der Waals surface area (Å²) in [5, 5.41) is 8.31. The van der Waals surface area contributed by atoms with Crippen molar-refractivity contribution in [1.29, 1.82) is 0 Å². The Morgan fingerprint density at radius 3 is 2.59 bits per heavy atom. The number of aromatic nitrogens is 5. The molecule has 1 amide bonds. The monoisotopic (exact) mass is 639 g/mol. The molecule has 2 N–H and O–H groups in total. The van der Waals surface area contributed by atoms with Crippen molar-refractivity contribution in [3.63, 3.8) is 0 Å². The lowest BCUT2D eigenvalue weighted by atomic mass is 9.61. The summed E-state index contributed by atoms with van der Waals surface area (Å²) >= 11 is 7.64. The van der Waals surface area contributed by atoms with E-state index in [1.807, 2.05) is 32.2 Å². The van der Waals surface area contributed by atoms with E-state index in [1.165, 1.54) is 17.5 Å². The van der Waals surface area contributed by atoms with Crippen LogP contribution in [0.3, 0.4) is 0 Å². The molecule has 4 heterocycles. The summed E-state index contributed by atoms with van der Waals surface area (Å²) in [6, 6.07) is 3.31. The topological polar surface area (TPSA) is 124 Å². The SMILES string of the molecule is CCOC(=O)[C@H]1C2CCC(CC2)[C@@H]1Nc1nc(-c2cn(CNC(=O)C(C)(C)C)c3ncc(Cl)nc23)nc(-c2cccs2)c1F. The summed E-state index contributed by atoms with van der Waals surface area (Å²) in [6.45, 7) is 7.71. The van der Waals surface area contributed by atoms with Crippen LogP contribution in [0, 0.1) is 29.0 Å². The Morgan fingerprint density at radius 2 is 1.91 bits per heavy atom. The van der Waals surface area contributed by atoms with E-state index in [0.717, 1.165) is 25.7 Å². The van der Waals surface area contributed by atoms with Crippen LogP contribution in [0.4, 0.5) is 10.2 Å². The average Bonchev–Trinajstić information content (AvgIpc) is 3.65. The first kappa shape index (κ1) is 30.4. The number of fused-ring (bicyclic) bond motifs is 4. The van der Waals surface area contributed by atoms with E-state index in [2.05, 4.69) is 25.6 Å². The van der Waals surface area contributed by atoms with Crippen LogP contribution in [0.25, 0.3) is 33.1 Å². The zero-order valence-corrected chi connectivity index (χ0v) is 26.6. The van der Waals surface area contributed by atoms with Gasteiger partial charge in [-0.2, -0.15) is 0 Å². The Labute approximate surface area is 263 Å². The summed E-state index contributed by atoms with van der Waals surface area (Å²) in [5.74, 6) is -0.764. The first-order chi connectivity index (χ1) is 21.0. The summed E-state index contributed by atoms with van der Waals surface area (Å²) in [6.07, 6.45) is 6.99. The van der Waals surface area contributed by atoms with Gasteiger partial charge in [0.15, 0.2) is 23.1 Å². The molecule has 0 saturated heterocycles. The number of thiophene rings is 1. The van der Waals surface area contributed by atoms with E-state index in [0.29, 0.717) is 21.6 Å². The minimum absolute atomic E-state index is 0.0159. The molecule has 3 aliphatic rings. The minimum Gasteiger partial charge on any atom is -0.466 e. The van der Waals surface area contributed by atoms with Gasteiger partial charge in [0, 0.05) is 17.7 Å². The van der Waals surface area contributed by atoms with Gasteiger partial charge in [0.2, 0.25) is 5.91 Å². The van der Waals surface area contributed by atoms with Crippen LogP contribution in [-0.2, 0) is 21.0 Å². The maximum absolute atomic E-state index is 16.3. The summed E-state index contributed by atoms with van der Waals surface area (Å²) in [7, 11) is 0. The van der Waals surface area contributed by atoms with Gasteiger partial charge >= 0.3 is 5.97 Å². The number of anilines is 1. The summed E-state index contributed by atoms with van der Waals surface area (Å²) < 4.78 is 23.5. The van der Waals surface area contributed by atoms with Crippen molar-refractivity contribution < 1.29 is 18.7 Å². The number of ether oxygens (including phenoxy) is 1. The average molecular weight is 640 g/mol. The van der Waals surface area contributed by atoms with Crippen LogP contribution in [0.5, 0.6) is 0 Å². The highest BCUT2D eigenvalue weighted by atomic mass is 35.5. The van der Waals surface area contributed by atoms with E-state index in [4.69, 9.17) is 21.3 Å². The van der Waals surface area contributed by atoms with Crippen molar-refractivity contribution in [3.8, 4) is 22.0 Å². The van der Waals surface area contributed by atoms with Crippen LogP contribution >= 0.6 is 22.9 Å². The Kier molecular flexibility index (Phi) is 8.31. The first-order valence-corrected chi connectivity index (χ1v) is 16.2. The third-order valence-electron chi connectivity index (χ3n) is 8.55. The summed E-state index contributed by atoms with van der Waals surface area (Å²) in [5.41, 5.74) is 0.909. The number of carbonyl (C=O) groups is 2. The number of hydrogen-bond acceptors (Lipinski definition) is 9. The number of esters is 1. The summed E-state index contributed by atoms with van der Waals surface area (Å²) in [4.78, 5) is 44.7. The van der Waals surface area contributed by atoms with Crippen molar-refractivity contribution >= 4 is 51.8 Å². The molecular formula is C31H35ClFN7O3S. The first-order valence-electron chi connectivity index (χ1n) is 14.9. The molecule has 3 fully saturated rings. The molecule has 2 bridgehead atoms. The number of rotatable bonds is 8. The standard InChI is InChI=1S/C31H35ClFN7O3S/c1-5-43-29(41)21-16-8-10-17(11-9-16)23(21)37-27-22(33)25(19-7-6-12-44-19)38-26(39-27)18-14-40(15-35-30(42)31(2,3)4)28-24(18)36-20(32)13-34-28/h6-7,12-14,16-17,21,23H,5,8-11,15H2,1-4H3,(H,35,42)(H,37,38,39)/t16?,17?,21-,23-/m0/s1. The molecule has 4 aromatic rings. The fourth-order valence-corrected chi connectivity index (χ4v) is 7.21. The van der Waals surface area contributed by atoms with Gasteiger partial charge in [-0.05, 0) is 55.9 Å². The fourth-order valence-electron chi connectivity index (χ4n) is 6.37. The molecule has 4 aromatic heterocycles. The quantitative estimate of drug-likeness (QED) is 0.215. The van der Waals surface area contributed by atoms with Gasteiger partial charge < -0.3 is 19.9 Å². The predicted octanol–water partition coefficient (Wildman–Crippen LogP) is 6.31. The maximum atomic E-state index is 16.3. The van der Waals surface area contributed by atoms with Crippen LogP contribution in [0.1, 0.15) is 53.4 Å². The van der Waals surface area contributed by atoms with Gasteiger partial charge in [-0.15, -0.1) is 11.3 Å². The third-order valence-corrected chi connectivity index (χ3v) is 9.61. The highest BCUT2D eigenvalue weighted by molar-refractivity contribution is 7.13. The second-order valence-corrected chi connectivity index (χ2v) is 13.8. The Balaban J connectivity index is 1.45. The van der Waals surface area contributed by atoms with E-state index >= 15 is 4.39 Å². The van der Waals surface area contributed by atoms with Gasteiger partial charge in [0.1, 0.15) is 16.4 Å². The van der Waals surface area contributed by atoms with Crippen molar-refractivity contribution in [2.45, 2.75) is 66.1 Å². The van der Waals surface area contributed by atoms with Crippen molar-refractivity contribution in [2.75, 3.05) is 11.9 Å². The Bertz CT molecular complexity index is 1700. The molecule has 0 unspecified atom stereocenters. The molecule has 44 heavy (non-hydrogen) atoms. The smallest absolute Gasteiger partial charge is 0.311 e. The van der Waals surface area contributed by atoms with Crippen molar-refractivity contribution in [3.05, 3.63) is 40.9 Å². The van der Waals surface area contributed by atoms with Gasteiger partial charge in [-0.25, -0.2) is 24.3 Å². The molecule has 232 valence electrons. The molecule has 0 aliphatic heterocycles. The molecular weight excluding hydrogens is 605 g/mol. The molecule has 10 nitrogen and oxygen atoms in total. The normalized spacial score (nSPS) is 21.4. The van der Waals surface area contributed by atoms with Gasteiger partial charge in [-0.1, -0.05) is 38.4 Å². The number of nitrogens with zero attached hydrogens (tertiary/aromatic N) is 5. The van der Waals surface area contributed by atoms with Gasteiger partial charge in [-0.3, -0.25) is 9.59 Å². The Hall–Kier alpha value is -3.64. The molecule has 0 radical (unpaired) electrons. The number of halogens is 2. The zero-order chi connectivity index (χ0) is 31.2. The van der Waals surface area contributed by atoms with Gasteiger partial charge in [0.05, 0.1) is 35.8 Å². The molecule has 7 rings (SSSR count). The predicted molar refractivity (Wildman–Crippen MR) is 167 cm³/mol. The number of amides is 1. The lowest BCUT2D eigenvalue weighted by Gasteiger charge is -2.47. The van der Waals surface area contributed by atoms with Gasteiger partial charge in [0.25, 0.3) is 0 Å². The molecule has 13 heteroatoms. The minimum atomic E-state index is -0.592. The van der Waals surface area contributed by atoms with Crippen molar-refractivity contribution in [1.82, 2.24) is 29.8 Å². The largest absolute Gasteiger partial charge is 0.466 e. The van der Waals surface area contributed by atoms with Crippen molar-refractivity contribution in [2.24, 2.45) is 23.2 Å². The van der Waals surface area contributed by atoms with E-state index in [9.17, 15) is 9.59 Å². The fraction of sp³-hybridized carbons (Fsp3) is 0.484. The highest BCUT2D eigenvalue weighted by Gasteiger charge is 2.48. The zero-order valence-electron chi connectivity index (χ0n) is 25.1. The molecule has 3 saturated carbocycles. The number of carbonyl (C=O) groups excluding carboxylic acids is 2.